The Morgan fingerprint density at radius 2 is 2.19 bits per heavy atom. The highest BCUT2D eigenvalue weighted by atomic mass is 31.2. The maximum atomic E-state index is 11.0. The zero-order chi connectivity index (χ0) is 15.0. The van der Waals surface area contributed by atoms with E-state index in [-0.39, 0.29) is 5.75 Å². The smallest absolute Gasteiger partial charge is 0.402 e. The number of benzene rings is 1. The van der Waals surface area contributed by atoms with Crippen molar-refractivity contribution in [3.05, 3.63) is 30.0 Å². The Bertz CT molecular complexity index is 689. The number of likely N-dealkylation sites (N-methyl/N-ethyl adjacent to an activating group) is 1. The highest BCUT2D eigenvalue weighted by molar-refractivity contribution is 7.46. The quantitative estimate of drug-likeness (QED) is 0.713. The molecule has 0 unspecified atom stereocenters. The Hall–Kier alpha value is -1.33. The lowest BCUT2D eigenvalue weighted by Crippen LogP contribution is -2.23. The van der Waals surface area contributed by atoms with Crippen molar-refractivity contribution in [3.63, 3.8) is 0 Å². The highest BCUT2D eigenvalue weighted by Gasteiger charge is 2.25. The molecule has 6 nitrogen and oxygen atoms in total. The van der Waals surface area contributed by atoms with Crippen LogP contribution >= 0.6 is 7.82 Å². The molecule has 1 aliphatic carbocycles. The second kappa shape index (κ2) is 5.46. The summed E-state index contributed by atoms with van der Waals surface area (Å²) >= 11 is 0. The van der Waals surface area contributed by atoms with Crippen LogP contribution in [0.15, 0.2) is 24.4 Å². The van der Waals surface area contributed by atoms with Crippen molar-refractivity contribution in [2.24, 2.45) is 0 Å². The third-order valence-electron chi connectivity index (χ3n) is 3.88. The summed E-state index contributed by atoms with van der Waals surface area (Å²) in [6.07, 6.45) is 5.35. The molecule has 114 valence electrons. The van der Waals surface area contributed by atoms with Gasteiger partial charge in [0.1, 0.15) is 0 Å². The molecular formula is C14H19N2O4P. The number of H-pyrrole nitrogens is 1. The van der Waals surface area contributed by atoms with Gasteiger partial charge in [-0.25, -0.2) is 4.57 Å². The van der Waals surface area contributed by atoms with Crippen LogP contribution in [0.4, 0.5) is 0 Å². The van der Waals surface area contributed by atoms with Gasteiger partial charge in [-0.3, -0.25) is 9.79 Å². The van der Waals surface area contributed by atoms with Gasteiger partial charge in [0.15, 0.2) is 5.75 Å². The van der Waals surface area contributed by atoms with E-state index in [0.717, 1.165) is 30.0 Å². The molecule has 1 aromatic heterocycles. The minimum Gasteiger partial charge on any atom is -0.402 e. The average molecular weight is 310 g/mol. The van der Waals surface area contributed by atoms with Crippen LogP contribution in [0.5, 0.6) is 5.75 Å². The van der Waals surface area contributed by atoms with Gasteiger partial charge in [0, 0.05) is 24.2 Å². The fourth-order valence-electron chi connectivity index (χ4n) is 2.59. The number of nitrogens with zero attached hydrogens (tertiary/aromatic N) is 1. The first kappa shape index (κ1) is 14.6. The van der Waals surface area contributed by atoms with Crippen LogP contribution in [0.2, 0.25) is 0 Å². The van der Waals surface area contributed by atoms with Crippen LogP contribution in [-0.2, 0) is 11.0 Å². The number of phosphoric ester groups is 1. The summed E-state index contributed by atoms with van der Waals surface area (Å²) in [4.78, 5) is 23.3. The van der Waals surface area contributed by atoms with Crippen LogP contribution in [-0.4, -0.2) is 39.3 Å². The predicted octanol–water partition coefficient (Wildman–Crippen LogP) is 2.28. The number of nitrogens with one attached hydrogen (secondary N) is 1. The Labute approximate surface area is 123 Å². The van der Waals surface area contributed by atoms with Crippen molar-refractivity contribution in [2.45, 2.75) is 25.3 Å². The van der Waals surface area contributed by atoms with Crippen molar-refractivity contribution in [3.8, 4) is 5.75 Å². The second-order valence-electron chi connectivity index (χ2n) is 5.54. The summed E-state index contributed by atoms with van der Waals surface area (Å²) in [5, 5.41) is 0.949. The van der Waals surface area contributed by atoms with E-state index in [9.17, 15) is 4.57 Å². The van der Waals surface area contributed by atoms with E-state index in [4.69, 9.17) is 14.3 Å². The molecular weight excluding hydrogens is 291 g/mol. The maximum absolute atomic E-state index is 11.0. The van der Waals surface area contributed by atoms with Crippen LogP contribution in [0.1, 0.15) is 18.4 Å². The largest absolute Gasteiger partial charge is 0.524 e. The van der Waals surface area contributed by atoms with E-state index in [1.54, 1.807) is 12.1 Å². The Morgan fingerprint density at radius 3 is 2.86 bits per heavy atom. The first-order valence-electron chi connectivity index (χ1n) is 6.98. The van der Waals surface area contributed by atoms with Crippen molar-refractivity contribution >= 4 is 18.7 Å². The molecule has 3 N–H and O–H groups in total. The lowest BCUT2D eigenvalue weighted by Gasteiger charge is -2.14. The molecule has 2 aromatic rings. The number of hydrogen-bond donors (Lipinski definition) is 3. The fourth-order valence-corrected chi connectivity index (χ4v) is 3.00. The molecule has 1 fully saturated rings. The molecule has 0 bridgehead atoms. The zero-order valence-electron chi connectivity index (χ0n) is 11.8. The molecule has 0 atom stereocenters. The van der Waals surface area contributed by atoms with Gasteiger partial charge in [0.25, 0.3) is 0 Å². The fraction of sp³-hybridized carbons (Fsp3) is 0.429. The van der Waals surface area contributed by atoms with Gasteiger partial charge in [0.2, 0.25) is 0 Å². The summed E-state index contributed by atoms with van der Waals surface area (Å²) in [6.45, 7) is 0.973. The van der Waals surface area contributed by atoms with Gasteiger partial charge in [-0.2, -0.15) is 0 Å². The van der Waals surface area contributed by atoms with E-state index < -0.39 is 7.82 Å². The van der Waals surface area contributed by atoms with E-state index in [2.05, 4.69) is 16.9 Å². The van der Waals surface area contributed by atoms with Crippen LogP contribution in [0.3, 0.4) is 0 Å². The van der Waals surface area contributed by atoms with Gasteiger partial charge in [-0.1, -0.05) is 12.1 Å². The number of aromatic amines is 1. The van der Waals surface area contributed by atoms with E-state index in [1.807, 2.05) is 12.3 Å². The van der Waals surface area contributed by atoms with Crippen LogP contribution in [0.25, 0.3) is 10.9 Å². The molecule has 1 saturated carbocycles. The molecule has 1 aromatic carbocycles. The summed E-state index contributed by atoms with van der Waals surface area (Å²) in [7, 11) is -2.41. The number of phosphoric acid groups is 1. The molecule has 0 amide bonds. The zero-order valence-corrected chi connectivity index (χ0v) is 12.7. The second-order valence-corrected chi connectivity index (χ2v) is 6.70. The van der Waals surface area contributed by atoms with Crippen molar-refractivity contribution in [1.82, 2.24) is 9.88 Å². The van der Waals surface area contributed by atoms with E-state index in [0.29, 0.717) is 5.52 Å². The average Bonchev–Trinajstić information content (AvgIpc) is 3.16. The minimum atomic E-state index is -4.55. The SMILES string of the molecule is CN(CCc1c[nH]c2c(OP(=O)(O)O)cccc12)C1CC1. The van der Waals surface area contributed by atoms with Gasteiger partial charge in [0.05, 0.1) is 5.52 Å². The lowest BCUT2D eigenvalue weighted by molar-refractivity contribution is 0.284. The number of hydrogen-bond acceptors (Lipinski definition) is 3. The first-order chi connectivity index (χ1) is 9.94. The summed E-state index contributed by atoms with van der Waals surface area (Å²) in [5.41, 5.74) is 1.76. The molecule has 0 saturated heterocycles. The van der Waals surface area contributed by atoms with E-state index >= 15 is 0 Å². The predicted molar refractivity (Wildman–Crippen MR) is 80.3 cm³/mol. The third kappa shape index (κ3) is 3.47. The van der Waals surface area contributed by atoms with Crippen molar-refractivity contribution < 1.29 is 18.9 Å². The standard InChI is InChI=1S/C14H19N2O4P/c1-16(11-5-6-11)8-7-10-9-15-14-12(10)3-2-4-13(14)20-21(17,18)19/h2-4,9,11,15H,5-8H2,1H3,(H2,17,18,19). The molecule has 0 spiro atoms. The molecule has 3 rings (SSSR count). The topological polar surface area (TPSA) is 85.8 Å². The van der Waals surface area contributed by atoms with Gasteiger partial charge in [-0.15, -0.1) is 0 Å². The molecule has 0 radical (unpaired) electrons. The normalized spacial score (nSPS) is 15.8. The number of para-hydroxylation sites is 1. The summed E-state index contributed by atoms with van der Waals surface area (Å²) in [6, 6.07) is 5.96. The van der Waals surface area contributed by atoms with Crippen LogP contribution in [0, 0.1) is 0 Å². The molecule has 1 aliphatic rings. The molecule has 21 heavy (non-hydrogen) atoms. The Balaban J connectivity index is 1.81. The number of fused-ring (bicyclic) bond motifs is 1. The Morgan fingerprint density at radius 1 is 1.43 bits per heavy atom. The number of aromatic nitrogens is 1. The third-order valence-corrected chi connectivity index (χ3v) is 4.32. The van der Waals surface area contributed by atoms with Crippen molar-refractivity contribution in [2.75, 3.05) is 13.6 Å². The number of rotatable bonds is 6. The van der Waals surface area contributed by atoms with Gasteiger partial charge >= 0.3 is 7.82 Å². The lowest BCUT2D eigenvalue weighted by atomic mass is 10.1. The minimum absolute atomic E-state index is 0.183. The summed E-state index contributed by atoms with van der Waals surface area (Å²) < 4.78 is 15.7. The Kier molecular flexibility index (Phi) is 3.80. The highest BCUT2D eigenvalue weighted by Crippen LogP contribution is 2.40. The molecule has 1 heterocycles. The monoisotopic (exact) mass is 310 g/mol. The molecule has 7 heteroatoms. The first-order valence-corrected chi connectivity index (χ1v) is 8.51. The summed E-state index contributed by atoms with van der Waals surface area (Å²) in [5.74, 6) is 0.183. The van der Waals surface area contributed by atoms with Crippen LogP contribution < -0.4 is 4.52 Å². The van der Waals surface area contributed by atoms with Gasteiger partial charge in [-0.05, 0) is 37.9 Å². The van der Waals surface area contributed by atoms with Crippen molar-refractivity contribution in [1.29, 1.82) is 0 Å². The van der Waals surface area contributed by atoms with E-state index in [1.165, 1.54) is 12.8 Å². The maximum Gasteiger partial charge on any atom is 0.524 e. The molecule has 0 aliphatic heterocycles. The van der Waals surface area contributed by atoms with Gasteiger partial charge < -0.3 is 14.4 Å².